The van der Waals surface area contributed by atoms with Crippen LogP contribution in [-0.4, -0.2) is 24.7 Å². The van der Waals surface area contributed by atoms with E-state index in [1.165, 1.54) is 10.9 Å². The highest BCUT2D eigenvalue weighted by Crippen LogP contribution is 2.16. The van der Waals surface area contributed by atoms with Crippen LogP contribution in [0.4, 0.5) is 5.82 Å². The van der Waals surface area contributed by atoms with E-state index >= 15 is 0 Å². The molecule has 2 rings (SSSR count). The van der Waals surface area contributed by atoms with Crippen molar-refractivity contribution in [3.05, 3.63) is 28.6 Å². The number of nitrogens with one attached hydrogen (secondary N) is 1. The average molecular weight is 300 g/mol. The third-order valence-electron chi connectivity index (χ3n) is 2.65. The van der Waals surface area contributed by atoms with E-state index < -0.39 is 10.0 Å². The fourth-order valence-electron chi connectivity index (χ4n) is 1.63. The lowest BCUT2D eigenvalue weighted by Crippen LogP contribution is -2.26. The Hall–Kier alpha value is -1.38. The zero-order valence-electron chi connectivity index (χ0n) is 10.5. The summed E-state index contributed by atoms with van der Waals surface area (Å²) in [6.07, 6.45) is 2.10. The van der Waals surface area contributed by atoms with Crippen LogP contribution in [0.15, 0.2) is 27.9 Å². The average Bonchev–Trinajstić information content (AvgIpc) is 2.98. The van der Waals surface area contributed by atoms with Crippen LogP contribution >= 0.6 is 11.3 Å². The standard InChI is InChI=1S/C11H16N4O2S2/c1-2-15-7-10(11(12)14-15)19(16,17)13-5-3-9-4-6-18-8-9/h4,6-8,13H,2-3,5H2,1H3,(H2,12,14). The highest BCUT2D eigenvalue weighted by Gasteiger charge is 2.20. The van der Waals surface area contributed by atoms with Crippen LogP contribution in [0.1, 0.15) is 12.5 Å². The molecule has 0 aliphatic carbocycles. The summed E-state index contributed by atoms with van der Waals surface area (Å²) >= 11 is 1.59. The number of hydrogen-bond donors (Lipinski definition) is 2. The predicted octanol–water partition coefficient (Wildman–Crippen LogP) is 1.07. The molecule has 0 radical (unpaired) electrons. The van der Waals surface area contributed by atoms with E-state index in [2.05, 4.69) is 9.82 Å². The molecule has 2 aromatic heterocycles. The van der Waals surface area contributed by atoms with E-state index in [4.69, 9.17) is 5.73 Å². The summed E-state index contributed by atoms with van der Waals surface area (Å²) < 4.78 is 28.2. The molecule has 0 spiro atoms. The molecule has 0 aliphatic rings. The van der Waals surface area contributed by atoms with Gasteiger partial charge in [0, 0.05) is 19.3 Å². The van der Waals surface area contributed by atoms with E-state index in [-0.39, 0.29) is 10.7 Å². The first-order chi connectivity index (χ1) is 9.03. The lowest BCUT2D eigenvalue weighted by atomic mass is 10.2. The van der Waals surface area contributed by atoms with Gasteiger partial charge in [0.15, 0.2) is 5.82 Å². The highest BCUT2D eigenvalue weighted by molar-refractivity contribution is 7.89. The van der Waals surface area contributed by atoms with Gasteiger partial charge in [0.2, 0.25) is 10.0 Å². The zero-order valence-corrected chi connectivity index (χ0v) is 12.2. The molecule has 0 aliphatic heterocycles. The Morgan fingerprint density at radius 2 is 2.32 bits per heavy atom. The Kier molecular flexibility index (Phi) is 4.23. The van der Waals surface area contributed by atoms with Crippen LogP contribution in [0.5, 0.6) is 0 Å². The SMILES string of the molecule is CCn1cc(S(=O)(=O)NCCc2ccsc2)c(N)n1. The minimum Gasteiger partial charge on any atom is -0.381 e. The van der Waals surface area contributed by atoms with Crippen LogP contribution in [0, 0.1) is 0 Å². The molecule has 8 heteroatoms. The molecule has 19 heavy (non-hydrogen) atoms. The number of nitrogens with two attached hydrogens (primary N) is 1. The van der Waals surface area contributed by atoms with Crippen LogP contribution in [-0.2, 0) is 23.0 Å². The molecule has 0 unspecified atom stereocenters. The fraction of sp³-hybridized carbons (Fsp3) is 0.364. The molecule has 0 saturated carbocycles. The number of aromatic nitrogens is 2. The molecule has 0 fully saturated rings. The Morgan fingerprint density at radius 3 is 2.89 bits per heavy atom. The maximum atomic E-state index is 12.1. The summed E-state index contributed by atoms with van der Waals surface area (Å²) in [6.45, 7) is 2.79. The van der Waals surface area contributed by atoms with Crippen LogP contribution < -0.4 is 10.5 Å². The number of nitrogens with zero attached hydrogens (tertiary/aromatic N) is 2. The molecule has 0 aromatic carbocycles. The number of anilines is 1. The second-order valence-electron chi connectivity index (χ2n) is 4.01. The lowest BCUT2D eigenvalue weighted by Gasteiger charge is -2.04. The van der Waals surface area contributed by atoms with Gasteiger partial charge in [-0.15, -0.1) is 0 Å². The molecule has 3 N–H and O–H groups in total. The molecular weight excluding hydrogens is 284 g/mol. The Bertz CT molecular complexity index is 632. The monoisotopic (exact) mass is 300 g/mol. The molecule has 0 bridgehead atoms. The second-order valence-corrected chi connectivity index (χ2v) is 6.53. The summed E-state index contributed by atoms with van der Waals surface area (Å²) in [4.78, 5) is 0.0414. The predicted molar refractivity (Wildman–Crippen MR) is 75.5 cm³/mol. The lowest BCUT2D eigenvalue weighted by molar-refractivity contribution is 0.581. The summed E-state index contributed by atoms with van der Waals surface area (Å²) in [6, 6.07) is 1.97. The highest BCUT2D eigenvalue weighted by atomic mass is 32.2. The second kappa shape index (κ2) is 5.72. The summed E-state index contributed by atoms with van der Waals surface area (Å²) in [5.41, 5.74) is 6.74. The molecule has 0 amide bonds. The van der Waals surface area contributed by atoms with E-state index in [1.807, 2.05) is 23.8 Å². The Labute approximate surface area is 116 Å². The van der Waals surface area contributed by atoms with Crippen LogP contribution in [0.25, 0.3) is 0 Å². The smallest absolute Gasteiger partial charge is 0.245 e. The van der Waals surface area contributed by atoms with Gasteiger partial charge in [-0.3, -0.25) is 4.68 Å². The van der Waals surface area contributed by atoms with Crippen molar-refractivity contribution in [3.8, 4) is 0 Å². The van der Waals surface area contributed by atoms with E-state index in [0.717, 1.165) is 5.56 Å². The Morgan fingerprint density at radius 1 is 1.53 bits per heavy atom. The van der Waals surface area contributed by atoms with Crippen molar-refractivity contribution >= 4 is 27.2 Å². The van der Waals surface area contributed by atoms with Gasteiger partial charge in [-0.2, -0.15) is 16.4 Å². The van der Waals surface area contributed by atoms with Gasteiger partial charge in [-0.05, 0) is 35.7 Å². The maximum absolute atomic E-state index is 12.1. The van der Waals surface area contributed by atoms with Gasteiger partial charge in [0.1, 0.15) is 4.90 Å². The van der Waals surface area contributed by atoms with Gasteiger partial charge >= 0.3 is 0 Å². The Balaban J connectivity index is 2.03. The molecule has 6 nitrogen and oxygen atoms in total. The van der Waals surface area contributed by atoms with Gasteiger partial charge < -0.3 is 5.73 Å². The number of sulfonamides is 1. The molecule has 2 aromatic rings. The summed E-state index contributed by atoms with van der Waals surface area (Å²) in [5, 5.41) is 7.89. The minimum absolute atomic E-state index is 0.0323. The van der Waals surface area contributed by atoms with Crippen molar-refractivity contribution in [1.82, 2.24) is 14.5 Å². The van der Waals surface area contributed by atoms with Crippen molar-refractivity contribution in [2.45, 2.75) is 24.8 Å². The van der Waals surface area contributed by atoms with Crippen molar-refractivity contribution in [3.63, 3.8) is 0 Å². The maximum Gasteiger partial charge on any atom is 0.245 e. The van der Waals surface area contributed by atoms with E-state index in [9.17, 15) is 8.42 Å². The van der Waals surface area contributed by atoms with E-state index in [1.54, 1.807) is 11.3 Å². The van der Waals surface area contributed by atoms with Crippen LogP contribution in [0.2, 0.25) is 0 Å². The van der Waals surface area contributed by atoms with Gasteiger partial charge in [0.25, 0.3) is 0 Å². The third kappa shape index (κ3) is 3.34. The summed E-state index contributed by atoms with van der Waals surface area (Å²) in [5.74, 6) is 0.0323. The fourth-order valence-corrected chi connectivity index (χ4v) is 3.44. The number of hydrogen-bond acceptors (Lipinski definition) is 5. The van der Waals surface area contributed by atoms with E-state index in [0.29, 0.717) is 19.5 Å². The van der Waals surface area contributed by atoms with Crippen molar-refractivity contribution in [2.24, 2.45) is 0 Å². The number of nitrogen functional groups attached to an aromatic ring is 1. The largest absolute Gasteiger partial charge is 0.381 e. The van der Waals surface area contributed by atoms with Gasteiger partial charge in [-0.1, -0.05) is 0 Å². The molecule has 104 valence electrons. The van der Waals surface area contributed by atoms with Crippen molar-refractivity contribution < 1.29 is 8.42 Å². The number of thiophene rings is 1. The molecular formula is C11H16N4O2S2. The third-order valence-corrected chi connectivity index (χ3v) is 4.86. The van der Waals surface area contributed by atoms with Gasteiger partial charge in [0.05, 0.1) is 0 Å². The molecule has 0 saturated heterocycles. The van der Waals surface area contributed by atoms with Crippen molar-refractivity contribution in [2.75, 3.05) is 12.3 Å². The quantitative estimate of drug-likeness (QED) is 0.835. The number of rotatable bonds is 6. The van der Waals surface area contributed by atoms with Crippen LogP contribution in [0.3, 0.4) is 0 Å². The zero-order chi connectivity index (χ0) is 13.9. The number of aryl methyl sites for hydroxylation is 1. The normalized spacial score (nSPS) is 11.8. The topological polar surface area (TPSA) is 90.0 Å². The summed E-state index contributed by atoms with van der Waals surface area (Å²) in [7, 11) is -3.59. The van der Waals surface area contributed by atoms with Gasteiger partial charge in [-0.25, -0.2) is 13.1 Å². The minimum atomic E-state index is -3.59. The molecule has 2 heterocycles. The first kappa shape index (κ1) is 14.0. The molecule has 0 atom stereocenters. The van der Waals surface area contributed by atoms with Crippen molar-refractivity contribution in [1.29, 1.82) is 0 Å². The first-order valence-corrected chi connectivity index (χ1v) is 8.29. The first-order valence-electron chi connectivity index (χ1n) is 5.86.